The SMILES string of the molecule is CCC(CC)C1NC(C(=O)O)C(c2cccc(Cl)c2)C1(CC)c1ccc(Cl)cc1. The fourth-order valence-electron chi connectivity index (χ4n) is 5.41. The van der Waals surface area contributed by atoms with Gasteiger partial charge in [0.1, 0.15) is 6.04 Å². The van der Waals surface area contributed by atoms with Gasteiger partial charge in [0.2, 0.25) is 0 Å². The molecule has 2 N–H and O–H groups in total. The van der Waals surface area contributed by atoms with E-state index in [2.05, 4.69) is 38.2 Å². The summed E-state index contributed by atoms with van der Waals surface area (Å²) in [6.07, 6.45) is 2.78. The van der Waals surface area contributed by atoms with Gasteiger partial charge in [-0.1, -0.05) is 81.1 Å². The molecular weight excluding hydrogens is 405 g/mol. The number of carboxylic acids is 1. The van der Waals surface area contributed by atoms with Crippen molar-refractivity contribution in [2.75, 3.05) is 0 Å². The summed E-state index contributed by atoms with van der Waals surface area (Å²) >= 11 is 12.5. The zero-order chi connectivity index (χ0) is 21.2. The topological polar surface area (TPSA) is 49.3 Å². The minimum absolute atomic E-state index is 0.0359. The van der Waals surface area contributed by atoms with Crippen molar-refractivity contribution >= 4 is 29.2 Å². The third-order valence-corrected chi connectivity index (χ3v) is 7.25. The Morgan fingerprint density at radius 2 is 1.72 bits per heavy atom. The zero-order valence-electron chi connectivity index (χ0n) is 17.2. The number of rotatable bonds is 7. The number of hydrogen-bond acceptors (Lipinski definition) is 2. The smallest absolute Gasteiger partial charge is 0.321 e. The molecule has 0 amide bonds. The first-order valence-electron chi connectivity index (χ1n) is 10.4. The molecule has 29 heavy (non-hydrogen) atoms. The van der Waals surface area contributed by atoms with Crippen LogP contribution in [0.5, 0.6) is 0 Å². The summed E-state index contributed by atoms with van der Waals surface area (Å²) in [6.45, 7) is 6.52. The Labute approximate surface area is 183 Å². The molecule has 1 aliphatic rings. The van der Waals surface area contributed by atoms with Gasteiger partial charge in [-0.05, 0) is 47.7 Å². The highest BCUT2D eigenvalue weighted by atomic mass is 35.5. The van der Waals surface area contributed by atoms with E-state index in [4.69, 9.17) is 23.2 Å². The van der Waals surface area contributed by atoms with Gasteiger partial charge < -0.3 is 5.11 Å². The van der Waals surface area contributed by atoms with Crippen LogP contribution in [-0.2, 0) is 10.2 Å². The Hall–Kier alpha value is -1.55. The molecule has 2 aromatic carbocycles. The van der Waals surface area contributed by atoms with E-state index in [9.17, 15) is 9.90 Å². The van der Waals surface area contributed by atoms with Crippen LogP contribution in [0.25, 0.3) is 0 Å². The molecule has 0 radical (unpaired) electrons. The van der Waals surface area contributed by atoms with Crippen molar-refractivity contribution < 1.29 is 9.90 Å². The third-order valence-electron chi connectivity index (χ3n) is 6.76. The summed E-state index contributed by atoms with van der Waals surface area (Å²) in [4.78, 5) is 12.4. The Bertz CT molecular complexity index is 850. The summed E-state index contributed by atoms with van der Waals surface area (Å²) in [5.74, 6) is -0.706. The average Bonchev–Trinajstić information content (AvgIpc) is 3.06. The number of carbonyl (C=O) groups is 1. The lowest BCUT2D eigenvalue weighted by atomic mass is 9.60. The van der Waals surface area contributed by atoms with Crippen LogP contribution in [0.2, 0.25) is 10.0 Å². The maximum Gasteiger partial charge on any atom is 0.321 e. The van der Waals surface area contributed by atoms with Crippen LogP contribution in [0.4, 0.5) is 0 Å². The summed E-state index contributed by atoms with van der Waals surface area (Å²) in [6, 6.07) is 14.9. The Morgan fingerprint density at radius 1 is 1.07 bits per heavy atom. The maximum atomic E-state index is 12.4. The molecule has 4 atom stereocenters. The number of aliphatic carboxylic acids is 1. The van der Waals surface area contributed by atoms with Gasteiger partial charge in [-0.15, -0.1) is 0 Å². The molecule has 156 valence electrons. The van der Waals surface area contributed by atoms with Crippen LogP contribution >= 0.6 is 23.2 Å². The van der Waals surface area contributed by atoms with Gasteiger partial charge in [0.15, 0.2) is 0 Å². The minimum atomic E-state index is -0.824. The number of halogens is 2. The van der Waals surface area contributed by atoms with E-state index in [1.165, 1.54) is 0 Å². The third kappa shape index (κ3) is 3.93. The van der Waals surface area contributed by atoms with Crippen molar-refractivity contribution in [2.45, 2.75) is 63.5 Å². The van der Waals surface area contributed by atoms with Crippen molar-refractivity contribution in [3.8, 4) is 0 Å². The second kappa shape index (κ2) is 9.07. The van der Waals surface area contributed by atoms with E-state index in [-0.39, 0.29) is 17.4 Å². The van der Waals surface area contributed by atoms with Crippen molar-refractivity contribution in [3.05, 3.63) is 69.7 Å². The summed E-state index contributed by atoms with van der Waals surface area (Å²) in [5, 5.41) is 15.0. The van der Waals surface area contributed by atoms with E-state index >= 15 is 0 Å². The number of hydrogen-bond donors (Lipinski definition) is 2. The lowest BCUT2D eigenvalue weighted by molar-refractivity contribution is -0.139. The molecule has 0 bridgehead atoms. The Balaban J connectivity index is 2.29. The molecule has 0 saturated carbocycles. The molecule has 4 unspecified atom stereocenters. The summed E-state index contributed by atoms with van der Waals surface area (Å²) in [5.41, 5.74) is 1.71. The molecule has 1 fully saturated rings. The fraction of sp³-hybridized carbons (Fsp3) is 0.458. The standard InChI is InChI=1S/C24H29Cl2NO2/c1-4-15(5-2)22-24(6-3,17-10-12-18(25)13-11-17)20(21(27-22)23(28)29)16-8-7-9-19(26)14-16/h7-15,20-22,27H,4-6H2,1-3H3,(H,28,29). The van der Waals surface area contributed by atoms with Gasteiger partial charge >= 0.3 is 5.97 Å². The van der Waals surface area contributed by atoms with Crippen LogP contribution in [0.3, 0.4) is 0 Å². The van der Waals surface area contributed by atoms with Gasteiger partial charge in [-0.25, -0.2) is 0 Å². The average molecular weight is 434 g/mol. The van der Waals surface area contributed by atoms with E-state index in [1.54, 1.807) is 0 Å². The maximum absolute atomic E-state index is 12.4. The highest BCUT2D eigenvalue weighted by Gasteiger charge is 2.58. The highest BCUT2D eigenvalue weighted by Crippen LogP contribution is 2.53. The van der Waals surface area contributed by atoms with Crippen molar-refractivity contribution in [3.63, 3.8) is 0 Å². The molecule has 3 nitrogen and oxygen atoms in total. The molecule has 1 saturated heterocycles. The highest BCUT2D eigenvalue weighted by molar-refractivity contribution is 6.30. The molecule has 0 aromatic heterocycles. The van der Waals surface area contributed by atoms with E-state index in [0.717, 1.165) is 30.4 Å². The summed E-state index contributed by atoms with van der Waals surface area (Å²) < 4.78 is 0. The van der Waals surface area contributed by atoms with Crippen molar-refractivity contribution in [1.29, 1.82) is 0 Å². The first-order chi connectivity index (χ1) is 13.9. The van der Waals surface area contributed by atoms with Crippen LogP contribution < -0.4 is 5.32 Å². The lowest BCUT2D eigenvalue weighted by Crippen LogP contribution is -2.47. The molecule has 5 heteroatoms. The molecule has 3 rings (SSSR count). The van der Waals surface area contributed by atoms with Gasteiger partial charge in [0.25, 0.3) is 0 Å². The van der Waals surface area contributed by atoms with E-state index < -0.39 is 12.0 Å². The van der Waals surface area contributed by atoms with Crippen molar-refractivity contribution in [1.82, 2.24) is 5.32 Å². The number of benzene rings is 2. The first kappa shape index (κ1) is 22.1. The second-order valence-electron chi connectivity index (χ2n) is 7.97. The molecule has 2 aromatic rings. The second-order valence-corrected chi connectivity index (χ2v) is 8.84. The first-order valence-corrected chi connectivity index (χ1v) is 11.1. The van der Waals surface area contributed by atoms with Crippen LogP contribution in [0.15, 0.2) is 48.5 Å². The van der Waals surface area contributed by atoms with Crippen molar-refractivity contribution in [2.24, 2.45) is 5.92 Å². The van der Waals surface area contributed by atoms with Crippen LogP contribution in [-0.4, -0.2) is 23.2 Å². The Kier molecular flexibility index (Phi) is 6.93. The van der Waals surface area contributed by atoms with E-state index in [1.807, 2.05) is 36.4 Å². The number of nitrogens with one attached hydrogen (secondary N) is 1. The molecule has 0 aliphatic carbocycles. The lowest BCUT2D eigenvalue weighted by Gasteiger charge is -2.43. The van der Waals surface area contributed by atoms with Gasteiger partial charge in [0.05, 0.1) is 0 Å². The molecule has 1 aliphatic heterocycles. The molecular formula is C24H29Cl2NO2. The monoisotopic (exact) mass is 433 g/mol. The minimum Gasteiger partial charge on any atom is -0.480 e. The summed E-state index contributed by atoms with van der Waals surface area (Å²) in [7, 11) is 0. The molecule has 0 spiro atoms. The predicted molar refractivity (Wildman–Crippen MR) is 120 cm³/mol. The molecule has 1 heterocycles. The fourth-order valence-corrected chi connectivity index (χ4v) is 5.74. The zero-order valence-corrected chi connectivity index (χ0v) is 18.7. The van der Waals surface area contributed by atoms with Crippen LogP contribution in [0, 0.1) is 5.92 Å². The van der Waals surface area contributed by atoms with Gasteiger partial charge in [-0.3, -0.25) is 10.1 Å². The van der Waals surface area contributed by atoms with E-state index in [0.29, 0.717) is 16.0 Å². The number of carboxylic acid groups (broad SMARTS) is 1. The van der Waals surface area contributed by atoms with Gasteiger partial charge in [0, 0.05) is 27.4 Å². The quantitative estimate of drug-likeness (QED) is 0.539. The predicted octanol–water partition coefficient (Wildman–Crippen LogP) is 6.29. The normalized spacial score (nSPS) is 26.8. The Morgan fingerprint density at radius 3 is 2.24 bits per heavy atom. The largest absolute Gasteiger partial charge is 0.480 e. The van der Waals surface area contributed by atoms with Crippen LogP contribution in [0.1, 0.15) is 57.1 Å². The van der Waals surface area contributed by atoms with Gasteiger partial charge in [-0.2, -0.15) is 0 Å².